The molecule has 1 N–H and O–H groups in total. The number of carbonyl (C=O) groups is 6. The van der Waals surface area contributed by atoms with Gasteiger partial charge in [-0.2, -0.15) is 0 Å². The lowest BCUT2D eigenvalue weighted by atomic mass is 9.78. The third-order valence-electron chi connectivity index (χ3n) is 11.9. The topological polar surface area (TPSA) is 222 Å². The fraction of sp³-hybridized carbons (Fsp3) is 0.492. The molecule has 0 radical (unpaired) electrons. The molecule has 4 aromatic carbocycles. The molecule has 19 heteroatoms. The predicted molar refractivity (Wildman–Crippen MR) is 295 cm³/mol. The van der Waals surface area contributed by atoms with Crippen LogP contribution in [0.4, 0.5) is 5.69 Å². The van der Waals surface area contributed by atoms with Crippen molar-refractivity contribution in [1.29, 1.82) is 0 Å². The van der Waals surface area contributed by atoms with Gasteiger partial charge < -0.3 is 33.7 Å². The quantitative estimate of drug-likeness (QED) is 0.0214. The van der Waals surface area contributed by atoms with Crippen molar-refractivity contribution in [2.75, 3.05) is 11.9 Å². The summed E-state index contributed by atoms with van der Waals surface area (Å²) in [6.45, 7) is 18.7. The molecule has 0 saturated carbocycles. The molecule has 0 amide bonds. The molecular weight excluding hydrogens is 1040 g/mol. The maximum atomic E-state index is 14.4. The highest BCUT2D eigenvalue weighted by Gasteiger charge is 2.56. The Hall–Kier alpha value is -6.38. The predicted octanol–water partition coefficient (Wildman–Crippen LogP) is 14.2. The highest BCUT2D eigenvalue weighted by atomic mass is 31.2. The Morgan fingerprint density at radius 2 is 0.872 bits per heavy atom. The lowest BCUT2D eigenvalue weighted by Crippen LogP contribution is -2.35. The highest BCUT2D eigenvalue weighted by molar-refractivity contribution is 7.58. The van der Waals surface area contributed by atoms with Crippen molar-refractivity contribution in [3.63, 3.8) is 0 Å². The number of unbranched alkanes of at least 4 members (excludes halogenated alkanes) is 1. The molecule has 0 bridgehead atoms. The molecule has 78 heavy (non-hydrogen) atoms. The Morgan fingerprint density at radius 1 is 0.487 bits per heavy atom. The summed E-state index contributed by atoms with van der Waals surface area (Å²) in [6, 6.07) is 30.4. The standard InChI is InChI=1S/C59H77NO16P2/c1-15-43(38-30-33-42(34-31-38)69-48(61)39-25-19-17-20-26-39)44(16-2)41-32-35-46(70-49(62)40-27-21-18-22-28-40)45(37-41)60-36-24-23-29-47(77(67)75-54(71-50(63)56(3,4)5)72-51(64)57(6,7)8)78(68)76-55(73-52(65)58(9,10)11)74-53(66)59(12,13)14/h17-22,25-28,30-35,37,43-44,47,54-55,60H,15-16,23-24,29,36H2,1-14H3/q+2. The first kappa shape index (κ1) is 64.1. The largest absolute Gasteiger partial charge is 0.574 e. The Bertz CT molecular complexity index is 2570. The lowest BCUT2D eigenvalue weighted by molar-refractivity contribution is -0.244. The molecule has 4 aromatic rings. The van der Waals surface area contributed by atoms with Crippen LogP contribution in [0.15, 0.2) is 103 Å². The van der Waals surface area contributed by atoms with Crippen LogP contribution in [-0.4, -0.2) is 60.7 Å². The van der Waals surface area contributed by atoms with Gasteiger partial charge in [-0.1, -0.05) is 77.5 Å². The van der Waals surface area contributed by atoms with Crippen LogP contribution in [0.1, 0.15) is 173 Å². The second-order valence-corrected chi connectivity index (χ2v) is 26.0. The molecule has 0 aliphatic carbocycles. The number of hydrogen-bond acceptors (Lipinski definition) is 17. The Kier molecular flexibility index (Phi) is 23.4. The zero-order valence-corrected chi connectivity index (χ0v) is 49.2. The van der Waals surface area contributed by atoms with Gasteiger partial charge in [0.15, 0.2) is 5.75 Å². The van der Waals surface area contributed by atoms with Crippen LogP contribution >= 0.6 is 16.1 Å². The minimum Gasteiger partial charge on any atom is -0.423 e. The lowest BCUT2D eigenvalue weighted by Gasteiger charge is -2.27. The first-order valence-electron chi connectivity index (χ1n) is 26.1. The van der Waals surface area contributed by atoms with E-state index >= 15 is 0 Å². The molecule has 0 aromatic heterocycles. The first-order valence-corrected chi connectivity index (χ1v) is 28.5. The van der Waals surface area contributed by atoms with Crippen LogP contribution < -0.4 is 14.8 Å². The van der Waals surface area contributed by atoms with Crippen molar-refractivity contribution in [2.24, 2.45) is 21.7 Å². The van der Waals surface area contributed by atoms with Gasteiger partial charge in [-0.25, -0.2) is 9.59 Å². The Balaban J connectivity index is 1.64. The van der Waals surface area contributed by atoms with Crippen LogP contribution in [0, 0.1) is 21.7 Å². The third-order valence-corrected chi connectivity index (χ3v) is 15.3. The molecule has 4 unspecified atom stereocenters. The zero-order valence-electron chi connectivity index (χ0n) is 47.4. The summed E-state index contributed by atoms with van der Waals surface area (Å²) in [7, 11) is -6.45. The SMILES string of the molecule is CCC(c1ccc(OC(=O)c2ccccc2)cc1)C(CC)c1ccc(OC(=O)c2ccccc2)c(NCCCCC([P+](=O)OC(OC(=O)C(C)(C)C)OC(=O)C(C)(C)C)[P+](=O)OC(OC(=O)C(C)(C)C)OC(=O)C(C)(C)C)c1. The summed E-state index contributed by atoms with van der Waals surface area (Å²) >= 11 is 0. The van der Waals surface area contributed by atoms with Crippen LogP contribution in [0.3, 0.4) is 0 Å². The summed E-state index contributed by atoms with van der Waals surface area (Å²) in [5, 5.41) is 1.84. The van der Waals surface area contributed by atoms with Crippen molar-refractivity contribution < 1.29 is 75.4 Å². The molecule has 17 nitrogen and oxygen atoms in total. The number of nitrogens with one attached hydrogen (secondary N) is 1. The van der Waals surface area contributed by atoms with Gasteiger partial charge in [0.1, 0.15) is 5.75 Å². The second-order valence-electron chi connectivity index (χ2n) is 22.7. The van der Waals surface area contributed by atoms with Crippen molar-refractivity contribution >= 4 is 57.6 Å². The summed E-state index contributed by atoms with van der Waals surface area (Å²) in [5.74, 6) is -3.80. The Morgan fingerprint density at radius 3 is 1.27 bits per heavy atom. The number of benzene rings is 4. The zero-order chi connectivity index (χ0) is 58.2. The molecule has 0 saturated heterocycles. The smallest absolute Gasteiger partial charge is 0.423 e. The monoisotopic (exact) mass is 1120 g/mol. The van der Waals surface area contributed by atoms with Crippen molar-refractivity contribution in [2.45, 2.75) is 159 Å². The molecular formula is C59H77NO16P2+2. The highest BCUT2D eigenvalue weighted by Crippen LogP contribution is 2.51. The van der Waals surface area contributed by atoms with Gasteiger partial charge in [-0.05, 0) is 189 Å². The molecule has 0 spiro atoms. The second kappa shape index (κ2) is 28.5. The molecule has 0 heterocycles. The van der Waals surface area contributed by atoms with E-state index in [0.717, 1.165) is 24.0 Å². The van der Waals surface area contributed by atoms with Crippen LogP contribution in [0.2, 0.25) is 0 Å². The molecule has 0 aliphatic rings. The Labute approximate surface area is 460 Å². The van der Waals surface area contributed by atoms with E-state index < -0.39 is 91.9 Å². The van der Waals surface area contributed by atoms with E-state index in [0.29, 0.717) is 29.0 Å². The number of esters is 6. The number of rotatable bonds is 25. The van der Waals surface area contributed by atoms with Gasteiger partial charge in [-0.3, -0.25) is 19.2 Å². The average Bonchev–Trinajstić information content (AvgIpc) is 3.36. The van der Waals surface area contributed by atoms with E-state index in [1.165, 1.54) is 0 Å². The van der Waals surface area contributed by atoms with E-state index in [1.54, 1.807) is 156 Å². The van der Waals surface area contributed by atoms with Gasteiger partial charge in [0, 0.05) is 13.0 Å². The van der Waals surface area contributed by atoms with Crippen LogP contribution in [0.25, 0.3) is 0 Å². The maximum Gasteiger partial charge on any atom is 0.574 e. The number of anilines is 1. The average molecular weight is 1120 g/mol. The van der Waals surface area contributed by atoms with E-state index in [-0.39, 0.29) is 37.0 Å². The van der Waals surface area contributed by atoms with Crippen LogP contribution in [-0.2, 0) is 56.3 Å². The van der Waals surface area contributed by atoms with E-state index in [4.69, 9.17) is 37.5 Å². The van der Waals surface area contributed by atoms with Crippen molar-refractivity contribution in [1.82, 2.24) is 0 Å². The molecule has 0 aliphatic heterocycles. The van der Waals surface area contributed by atoms with E-state index in [9.17, 15) is 37.9 Å². The van der Waals surface area contributed by atoms with Crippen molar-refractivity contribution in [3.05, 3.63) is 125 Å². The molecule has 0 fully saturated rings. The van der Waals surface area contributed by atoms with Gasteiger partial charge in [0.2, 0.25) is 0 Å². The fourth-order valence-corrected chi connectivity index (χ4v) is 9.75. The van der Waals surface area contributed by atoms with E-state index in [1.807, 2.05) is 30.3 Å². The fourth-order valence-electron chi connectivity index (χ4n) is 7.23. The van der Waals surface area contributed by atoms with E-state index in [2.05, 4.69) is 19.2 Å². The van der Waals surface area contributed by atoms with Gasteiger partial charge in [0.05, 0.1) is 38.5 Å². The molecule has 422 valence electrons. The third kappa shape index (κ3) is 19.8. The van der Waals surface area contributed by atoms with Crippen LogP contribution in [0.5, 0.6) is 11.5 Å². The minimum absolute atomic E-state index is 0.0103. The van der Waals surface area contributed by atoms with Gasteiger partial charge in [0.25, 0.3) is 0 Å². The summed E-state index contributed by atoms with van der Waals surface area (Å²) in [4.78, 5) is 78.5. The first-order chi connectivity index (χ1) is 36.4. The molecule has 4 atom stereocenters. The van der Waals surface area contributed by atoms with Gasteiger partial charge >= 0.3 is 70.2 Å². The number of ether oxygens (including phenoxy) is 6. The summed E-state index contributed by atoms with van der Waals surface area (Å²) < 4.78 is 73.2. The van der Waals surface area contributed by atoms with Crippen molar-refractivity contribution in [3.8, 4) is 11.5 Å². The number of carbonyl (C=O) groups excluding carboxylic acids is 6. The molecule has 4 rings (SSSR count). The summed E-state index contributed by atoms with van der Waals surface area (Å²) in [5.41, 5.74) is -1.20. The normalized spacial score (nSPS) is 13.6. The summed E-state index contributed by atoms with van der Waals surface area (Å²) in [6.07, 6.45) is 1.84. The number of hydrogen-bond donors (Lipinski definition) is 1. The van der Waals surface area contributed by atoms with Gasteiger partial charge in [-0.15, -0.1) is 0 Å². The minimum atomic E-state index is -3.22. The maximum absolute atomic E-state index is 14.4.